The van der Waals surface area contributed by atoms with E-state index in [2.05, 4.69) is 12.2 Å². The minimum absolute atomic E-state index is 0.0358. The second kappa shape index (κ2) is 6.42. The van der Waals surface area contributed by atoms with Crippen LogP contribution in [0.15, 0.2) is 0 Å². The zero-order valence-electron chi connectivity index (χ0n) is 13.7. The van der Waals surface area contributed by atoms with E-state index in [0.29, 0.717) is 18.9 Å². The predicted molar refractivity (Wildman–Crippen MR) is 86.4 cm³/mol. The summed E-state index contributed by atoms with van der Waals surface area (Å²) >= 11 is 0. The second-order valence-electron chi connectivity index (χ2n) is 7.15. The van der Waals surface area contributed by atoms with Crippen molar-refractivity contribution in [3.05, 3.63) is 0 Å². The van der Waals surface area contributed by atoms with Gasteiger partial charge in [0.1, 0.15) is 0 Å². The third kappa shape index (κ3) is 3.70. The van der Waals surface area contributed by atoms with E-state index in [-0.39, 0.29) is 41.2 Å². The summed E-state index contributed by atoms with van der Waals surface area (Å²) in [6, 6.07) is 0.0442. The molecule has 3 aliphatic rings. The number of carbonyl (C=O) groups is 2. The first-order chi connectivity index (χ1) is 10.9. The lowest BCUT2D eigenvalue weighted by atomic mass is 9.99. The molecule has 1 aliphatic carbocycles. The summed E-state index contributed by atoms with van der Waals surface area (Å²) < 4.78 is 22.9. The van der Waals surface area contributed by atoms with Crippen LogP contribution in [-0.2, 0) is 19.4 Å². The maximum absolute atomic E-state index is 12.6. The molecule has 3 fully saturated rings. The number of hydrogen-bond acceptors (Lipinski definition) is 4. The lowest BCUT2D eigenvalue weighted by Gasteiger charge is -2.35. The van der Waals surface area contributed by atoms with E-state index in [1.54, 1.807) is 0 Å². The number of likely N-dealkylation sites (tertiary alicyclic amines) is 1. The Morgan fingerprint density at radius 3 is 2.61 bits per heavy atom. The summed E-state index contributed by atoms with van der Waals surface area (Å²) in [4.78, 5) is 26.9. The van der Waals surface area contributed by atoms with Crippen molar-refractivity contribution in [2.75, 3.05) is 18.1 Å². The number of sulfone groups is 1. The highest BCUT2D eigenvalue weighted by Gasteiger charge is 2.51. The molecule has 4 atom stereocenters. The van der Waals surface area contributed by atoms with Gasteiger partial charge in [0.25, 0.3) is 0 Å². The van der Waals surface area contributed by atoms with Crippen molar-refractivity contribution in [3.8, 4) is 0 Å². The molecular formula is C16H26N2O4S. The zero-order chi connectivity index (χ0) is 16.6. The van der Waals surface area contributed by atoms with Crippen molar-refractivity contribution in [2.24, 2.45) is 11.8 Å². The SMILES string of the molecule is CCC1CCCCN1C(=O)C1CC1C(=O)NC1CCS(=O)(=O)C1. The van der Waals surface area contributed by atoms with Gasteiger partial charge >= 0.3 is 0 Å². The van der Waals surface area contributed by atoms with E-state index >= 15 is 0 Å². The molecule has 130 valence electrons. The Bertz CT molecular complexity index is 589. The molecule has 2 amide bonds. The van der Waals surface area contributed by atoms with E-state index in [4.69, 9.17) is 0 Å². The summed E-state index contributed by atoms with van der Waals surface area (Å²) in [5, 5.41) is 2.82. The molecule has 4 unspecified atom stereocenters. The van der Waals surface area contributed by atoms with Crippen LogP contribution >= 0.6 is 0 Å². The maximum Gasteiger partial charge on any atom is 0.226 e. The molecule has 6 nitrogen and oxygen atoms in total. The molecule has 23 heavy (non-hydrogen) atoms. The monoisotopic (exact) mass is 342 g/mol. The average molecular weight is 342 g/mol. The number of rotatable bonds is 4. The van der Waals surface area contributed by atoms with Gasteiger partial charge in [0.2, 0.25) is 11.8 Å². The largest absolute Gasteiger partial charge is 0.352 e. The fourth-order valence-electron chi connectivity index (χ4n) is 3.90. The van der Waals surface area contributed by atoms with Gasteiger partial charge in [-0.2, -0.15) is 0 Å². The standard InChI is InChI=1S/C16H26N2O4S/c1-2-12-5-3-4-7-18(12)16(20)14-9-13(14)15(19)17-11-6-8-23(21,22)10-11/h11-14H,2-10H2,1H3,(H,17,19). The van der Waals surface area contributed by atoms with E-state index in [1.807, 2.05) is 4.90 Å². The molecule has 3 rings (SSSR count). The highest BCUT2D eigenvalue weighted by atomic mass is 32.2. The van der Waals surface area contributed by atoms with Gasteiger partial charge in [-0.15, -0.1) is 0 Å². The van der Waals surface area contributed by atoms with E-state index in [9.17, 15) is 18.0 Å². The minimum Gasteiger partial charge on any atom is -0.352 e. The van der Waals surface area contributed by atoms with Crippen molar-refractivity contribution in [3.63, 3.8) is 0 Å². The molecule has 0 radical (unpaired) electrons. The van der Waals surface area contributed by atoms with Crippen molar-refractivity contribution >= 4 is 21.7 Å². The molecule has 1 N–H and O–H groups in total. The molecule has 7 heteroatoms. The highest BCUT2D eigenvalue weighted by molar-refractivity contribution is 7.91. The highest BCUT2D eigenvalue weighted by Crippen LogP contribution is 2.41. The molecule has 2 heterocycles. The van der Waals surface area contributed by atoms with Gasteiger partial charge in [0, 0.05) is 18.6 Å². The van der Waals surface area contributed by atoms with Gasteiger partial charge in [0.05, 0.1) is 23.3 Å². The third-order valence-electron chi connectivity index (χ3n) is 5.40. The Labute approximate surface area is 137 Å². The summed E-state index contributed by atoms with van der Waals surface area (Å²) in [6.45, 7) is 2.91. The van der Waals surface area contributed by atoms with Crippen LogP contribution in [0.2, 0.25) is 0 Å². The first-order valence-electron chi connectivity index (χ1n) is 8.72. The van der Waals surface area contributed by atoms with Crippen LogP contribution in [0.5, 0.6) is 0 Å². The number of nitrogens with one attached hydrogen (secondary N) is 1. The summed E-state index contributed by atoms with van der Waals surface area (Å²) in [5.41, 5.74) is 0. The molecule has 1 saturated carbocycles. The number of nitrogens with zero attached hydrogens (tertiary/aromatic N) is 1. The fraction of sp³-hybridized carbons (Fsp3) is 0.875. The molecule has 2 aliphatic heterocycles. The van der Waals surface area contributed by atoms with Crippen molar-refractivity contribution in [2.45, 2.75) is 57.5 Å². The van der Waals surface area contributed by atoms with Crippen molar-refractivity contribution in [1.29, 1.82) is 0 Å². The van der Waals surface area contributed by atoms with Gasteiger partial charge in [-0.05, 0) is 38.5 Å². The first-order valence-corrected chi connectivity index (χ1v) is 10.5. The van der Waals surface area contributed by atoms with Crippen molar-refractivity contribution in [1.82, 2.24) is 10.2 Å². The average Bonchev–Trinajstić information content (AvgIpc) is 3.26. The van der Waals surface area contributed by atoms with Crippen LogP contribution in [0.4, 0.5) is 0 Å². The van der Waals surface area contributed by atoms with E-state index in [0.717, 1.165) is 25.8 Å². The van der Waals surface area contributed by atoms with E-state index in [1.165, 1.54) is 6.42 Å². The van der Waals surface area contributed by atoms with Crippen LogP contribution in [0.1, 0.15) is 45.4 Å². The maximum atomic E-state index is 12.6. The molecule has 2 saturated heterocycles. The Morgan fingerprint density at radius 2 is 1.96 bits per heavy atom. The van der Waals surface area contributed by atoms with Gasteiger partial charge in [0.15, 0.2) is 9.84 Å². The van der Waals surface area contributed by atoms with E-state index < -0.39 is 9.84 Å². The summed E-state index contributed by atoms with van der Waals surface area (Å²) in [7, 11) is -2.99. The molecular weight excluding hydrogens is 316 g/mol. The second-order valence-corrected chi connectivity index (χ2v) is 9.38. The zero-order valence-corrected chi connectivity index (χ0v) is 14.5. The summed E-state index contributed by atoms with van der Waals surface area (Å²) in [5.74, 6) is -0.290. The van der Waals surface area contributed by atoms with Gasteiger partial charge in [-0.3, -0.25) is 9.59 Å². The van der Waals surface area contributed by atoms with Gasteiger partial charge in [-0.1, -0.05) is 6.92 Å². The van der Waals surface area contributed by atoms with Crippen LogP contribution < -0.4 is 5.32 Å². The summed E-state index contributed by atoms with van der Waals surface area (Å²) in [6.07, 6.45) is 5.35. The lowest BCUT2D eigenvalue weighted by molar-refractivity contribution is -0.138. The molecule has 0 bridgehead atoms. The third-order valence-corrected chi connectivity index (χ3v) is 7.17. The minimum atomic E-state index is -2.99. The number of amides is 2. The van der Waals surface area contributed by atoms with Gasteiger partial charge < -0.3 is 10.2 Å². The van der Waals surface area contributed by atoms with Crippen LogP contribution in [0, 0.1) is 11.8 Å². The number of carbonyl (C=O) groups excluding carboxylic acids is 2. The van der Waals surface area contributed by atoms with Crippen LogP contribution in [0.3, 0.4) is 0 Å². The Morgan fingerprint density at radius 1 is 1.17 bits per heavy atom. The predicted octanol–water partition coefficient (Wildman–Crippen LogP) is 0.717. The fourth-order valence-corrected chi connectivity index (χ4v) is 5.58. The molecule has 0 spiro atoms. The molecule has 0 aromatic carbocycles. The Kier molecular flexibility index (Phi) is 4.67. The lowest BCUT2D eigenvalue weighted by Crippen LogP contribution is -2.45. The van der Waals surface area contributed by atoms with Crippen molar-refractivity contribution < 1.29 is 18.0 Å². The quantitative estimate of drug-likeness (QED) is 0.816. The normalized spacial score (nSPS) is 35.8. The molecule has 0 aromatic rings. The Balaban J connectivity index is 1.52. The van der Waals surface area contributed by atoms with Gasteiger partial charge in [-0.25, -0.2) is 8.42 Å². The number of piperidine rings is 1. The topological polar surface area (TPSA) is 83.6 Å². The smallest absolute Gasteiger partial charge is 0.226 e. The molecule has 0 aromatic heterocycles. The van der Waals surface area contributed by atoms with Crippen LogP contribution in [-0.4, -0.2) is 55.3 Å². The Hall–Kier alpha value is -1.11. The first kappa shape index (κ1) is 16.7. The number of hydrogen-bond donors (Lipinski definition) is 1. The van der Waals surface area contributed by atoms with Crippen LogP contribution in [0.25, 0.3) is 0 Å².